The molecule has 154 valence electrons. The Bertz CT molecular complexity index is 1230. The number of carbonyl (C=O) groups excluding carboxylic acids is 2. The van der Waals surface area contributed by atoms with E-state index in [4.69, 9.17) is 0 Å². The molecule has 1 aliphatic rings. The second-order valence-corrected chi connectivity index (χ2v) is 7.68. The van der Waals surface area contributed by atoms with Crippen LogP contribution in [0.15, 0.2) is 79.5 Å². The lowest BCUT2D eigenvalue weighted by Crippen LogP contribution is -2.48. The maximum atomic E-state index is 12.5. The summed E-state index contributed by atoms with van der Waals surface area (Å²) in [5.74, 6) is 0.213. The van der Waals surface area contributed by atoms with Gasteiger partial charge >= 0.3 is 0 Å². The van der Waals surface area contributed by atoms with Crippen molar-refractivity contribution in [2.45, 2.75) is 12.5 Å². The first kappa shape index (κ1) is 19.0. The second kappa shape index (κ2) is 8.02. The van der Waals surface area contributed by atoms with Gasteiger partial charge in [0, 0.05) is 67.7 Å². The summed E-state index contributed by atoms with van der Waals surface area (Å²) >= 11 is 0. The minimum absolute atomic E-state index is 0.0307. The zero-order valence-electron chi connectivity index (χ0n) is 16.8. The highest BCUT2D eigenvalue weighted by Gasteiger charge is 2.32. The Balaban J connectivity index is 1.15. The number of nitrogens with one attached hydrogen (secondary N) is 1. The summed E-state index contributed by atoms with van der Waals surface area (Å²) in [4.78, 5) is 35.0. The van der Waals surface area contributed by atoms with Crippen molar-refractivity contribution in [1.82, 2.24) is 24.6 Å². The molecule has 0 unspecified atom stereocenters. The molecule has 3 aromatic heterocycles. The molecule has 1 aromatic carbocycles. The number of nitrogens with zero attached hydrogens (tertiary/aromatic N) is 4. The summed E-state index contributed by atoms with van der Waals surface area (Å²) < 4.78 is 1.93. The highest BCUT2D eigenvalue weighted by atomic mass is 16.2. The van der Waals surface area contributed by atoms with E-state index in [1.165, 1.54) is 0 Å². The Morgan fingerprint density at radius 1 is 0.935 bits per heavy atom. The highest BCUT2D eigenvalue weighted by Crippen LogP contribution is 2.28. The van der Waals surface area contributed by atoms with Gasteiger partial charge in [-0.05, 0) is 47.5 Å². The average Bonchev–Trinajstić information content (AvgIpc) is 3.25. The van der Waals surface area contributed by atoms with Crippen LogP contribution in [0.25, 0.3) is 5.65 Å². The van der Waals surface area contributed by atoms with Crippen molar-refractivity contribution < 1.29 is 9.59 Å². The Morgan fingerprint density at radius 2 is 1.71 bits per heavy atom. The van der Waals surface area contributed by atoms with Crippen LogP contribution in [0.1, 0.15) is 37.8 Å². The molecule has 1 N–H and O–H groups in total. The topological polar surface area (TPSA) is 79.6 Å². The average molecular weight is 411 g/mol. The van der Waals surface area contributed by atoms with Crippen LogP contribution in [0.3, 0.4) is 0 Å². The highest BCUT2D eigenvalue weighted by molar-refractivity contribution is 5.95. The van der Waals surface area contributed by atoms with Crippen LogP contribution in [-0.4, -0.2) is 44.2 Å². The predicted molar refractivity (Wildman–Crippen MR) is 116 cm³/mol. The van der Waals surface area contributed by atoms with E-state index in [1.807, 2.05) is 58.1 Å². The summed E-state index contributed by atoms with van der Waals surface area (Å²) in [6, 6.07) is 15.0. The van der Waals surface area contributed by atoms with Crippen LogP contribution >= 0.6 is 0 Å². The fourth-order valence-corrected chi connectivity index (χ4v) is 3.79. The van der Waals surface area contributed by atoms with E-state index in [0.717, 1.165) is 16.8 Å². The van der Waals surface area contributed by atoms with Crippen molar-refractivity contribution >= 4 is 17.5 Å². The number of benzene rings is 1. The smallest absolute Gasteiger partial charge is 0.254 e. The largest absolute Gasteiger partial charge is 0.348 e. The lowest BCUT2D eigenvalue weighted by Gasteiger charge is -2.39. The molecule has 0 radical (unpaired) electrons. The molecule has 5 rings (SSSR count). The Kier molecular flexibility index (Phi) is 4.92. The number of likely N-dealkylation sites (tertiary alicyclic amines) is 1. The summed E-state index contributed by atoms with van der Waals surface area (Å²) in [6.07, 6.45) is 8.82. The van der Waals surface area contributed by atoms with Crippen molar-refractivity contribution in [2.24, 2.45) is 0 Å². The third kappa shape index (κ3) is 3.90. The number of amides is 2. The molecular formula is C24H21N5O2. The lowest BCUT2D eigenvalue weighted by molar-refractivity contribution is 0.0602. The second-order valence-electron chi connectivity index (χ2n) is 7.68. The predicted octanol–water partition coefficient (Wildman–Crippen LogP) is 2.90. The molecule has 4 heterocycles. The van der Waals surface area contributed by atoms with Gasteiger partial charge in [0.15, 0.2) is 0 Å². The zero-order chi connectivity index (χ0) is 21.2. The quantitative estimate of drug-likeness (QED) is 0.548. The summed E-state index contributed by atoms with van der Waals surface area (Å²) in [6.45, 7) is 1.81. The van der Waals surface area contributed by atoms with Gasteiger partial charge in [-0.3, -0.25) is 14.6 Å². The molecule has 7 heteroatoms. The number of aromatic nitrogens is 3. The van der Waals surface area contributed by atoms with E-state index in [9.17, 15) is 9.59 Å². The van der Waals surface area contributed by atoms with Crippen molar-refractivity contribution in [3.63, 3.8) is 0 Å². The number of pyridine rings is 2. The molecule has 0 spiro atoms. The zero-order valence-corrected chi connectivity index (χ0v) is 16.8. The van der Waals surface area contributed by atoms with Crippen LogP contribution in [-0.2, 0) is 6.54 Å². The van der Waals surface area contributed by atoms with E-state index in [0.29, 0.717) is 36.7 Å². The molecule has 31 heavy (non-hydrogen) atoms. The van der Waals surface area contributed by atoms with Crippen molar-refractivity contribution in [1.29, 1.82) is 0 Å². The van der Waals surface area contributed by atoms with Crippen LogP contribution < -0.4 is 5.32 Å². The Morgan fingerprint density at radius 3 is 2.48 bits per heavy atom. The van der Waals surface area contributed by atoms with Gasteiger partial charge in [0.1, 0.15) is 5.65 Å². The Hall–Kier alpha value is -4.00. The summed E-state index contributed by atoms with van der Waals surface area (Å²) in [5, 5.41) is 2.95. The molecule has 4 aromatic rings. The van der Waals surface area contributed by atoms with Gasteiger partial charge in [0.2, 0.25) is 0 Å². The van der Waals surface area contributed by atoms with Gasteiger partial charge in [-0.15, -0.1) is 0 Å². The Labute approximate surface area is 179 Å². The van der Waals surface area contributed by atoms with E-state index in [-0.39, 0.29) is 11.8 Å². The molecule has 2 amide bonds. The summed E-state index contributed by atoms with van der Waals surface area (Å²) in [5.41, 5.74) is 4.27. The third-order valence-electron chi connectivity index (χ3n) is 5.66. The van der Waals surface area contributed by atoms with Gasteiger partial charge in [0.05, 0.1) is 0 Å². The van der Waals surface area contributed by atoms with Gasteiger partial charge in [-0.1, -0.05) is 12.1 Å². The lowest BCUT2D eigenvalue weighted by atomic mass is 9.90. The molecule has 1 fully saturated rings. The molecule has 0 saturated carbocycles. The van der Waals surface area contributed by atoms with Crippen molar-refractivity contribution in [3.8, 4) is 0 Å². The number of fused-ring (bicyclic) bond motifs is 1. The van der Waals surface area contributed by atoms with Gasteiger partial charge < -0.3 is 14.6 Å². The molecule has 1 saturated heterocycles. The van der Waals surface area contributed by atoms with Gasteiger partial charge in [-0.2, -0.15) is 0 Å². The van der Waals surface area contributed by atoms with Crippen molar-refractivity contribution in [3.05, 3.63) is 102 Å². The fraction of sp³-hybridized carbons (Fsp3) is 0.167. The monoisotopic (exact) mass is 411 g/mol. The summed E-state index contributed by atoms with van der Waals surface area (Å²) in [7, 11) is 0. The van der Waals surface area contributed by atoms with Crippen LogP contribution in [0.2, 0.25) is 0 Å². The SMILES string of the molecule is O=C(NCc1ccn2ccnc2c1)c1ccc(C2CN(C(=O)c3ccncc3)C2)cc1. The van der Waals surface area contributed by atoms with Crippen LogP contribution in [0.4, 0.5) is 0 Å². The maximum Gasteiger partial charge on any atom is 0.254 e. The molecule has 7 nitrogen and oxygen atoms in total. The molecule has 1 aliphatic heterocycles. The number of hydrogen-bond acceptors (Lipinski definition) is 4. The number of carbonyl (C=O) groups is 2. The van der Waals surface area contributed by atoms with E-state index < -0.39 is 0 Å². The van der Waals surface area contributed by atoms with Gasteiger partial charge in [0.25, 0.3) is 11.8 Å². The molecule has 0 atom stereocenters. The standard InChI is InChI=1S/C24H21N5O2/c30-23(27-14-17-7-11-28-12-10-26-22(28)13-17)19-3-1-18(2-4-19)21-15-29(16-21)24(31)20-5-8-25-9-6-20/h1-13,21H,14-16H2,(H,27,30). The van der Waals surface area contributed by atoms with Gasteiger partial charge in [-0.25, -0.2) is 4.98 Å². The first-order valence-electron chi connectivity index (χ1n) is 10.2. The first-order valence-corrected chi connectivity index (χ1v) is 10.2. The maximum absolute atomic E-state index is 12.5. The minimum atomic E-state index is -0.113. The van der Waals surface area contributed by atoms with E-state index >= 15 is 0 Å². The normalized spacial score (nSPS) is 13.7. The van der Waals surface area contributed by atoms with Crippen LogP contribution in [0.5, 0.6) is 0 Å². The molecule has 0 aliphatic carbocycles. The van der Waals surface area contributed by atoms with Crippen LogP contribution in [0, 0.1) is 0 Å². The van der Waals surface area contributed by atoms with E-state index in [2.05, 4.69) is 15.3 Å². The molecule has 0 bridgehead atoms. The molecular weight excluding hydrogens is 390 g/mol. The number of hydrogen-bond donors (Lipinski definition) is 1. The first-order chi connectivity index (χ1) is 15.2. The number of imidazole rings is 1. The number of rotatable bonds is 5. The van der Waals surface area contributed by atoms with Crippen molar-refractivity contribution in [2.75, 3.05) is 13.1 Å². The fourth-order valence-electron chi connectivity index (χ4n) is 3.79. The van der Waals surface area contributed by atoms with E-state index in [1.54, 1.807) is 30.7 Å². The minimum Gasteiger partial charge on any atom is -0.348 e. The third-order valence-corrected chi connectivity index (χ3v) is 5.66.